The fraction of sp³-hybridized carbons (Fsp3) is 0.154. The number of nitrogen functional groups attached to an aromatic ring is 1. The third-order valence-corrected chi connectivity index (χ3v) is 3.75. The quantitative estimate of drug-likeness (QED) is 0.354. The molecule has 1 aliphatic carbocycles. The number of anilines is 1. The van der Waals surface area contributed by atoms with Gasteiger partial charge in [0, 0.05) is 5.69 Å². The minimum Gasteiger partial charge on any atom is -0.612 e. The van der Waals surface area contributed by atoms with Crippen LogP contribution in [-0.4, -0.2) is 20.7 Å². The molecule has 2 N–H and O–H groups in total. The zero-order valence-corrected chi connectivity index (χ0v) is 12.2. The van der Waals surface area contributed by atoms with E-state index in [0.29, 0.717) is 16.8 Å². The Labute approximate surface area is 133 Å². The van der Waals surface area contributed by atoms with E-state index in [1.807, 2.05) is 0 Å². The molecule has 0 fully saturated rings. The maximum Gasteiger partial charge on any atom is 0.318 e. The monoisotopic (exact) mass is 332 g/mol. The van der Waals surface area contributed by atoms with Crippen LogP contribution in [0.2, 0.25) is 0 Å². The van der Waals surface area contributed by atoms with Gasteiger partial charge in [0.2, 0.25) is 5.69 Å². The molecule has 1 aliphatic rings. The minimum atomic E-state index is -1.16. The number of hydrogen-bond acceptors (Lipinski definition) is 8. The second-order valence-electron chi connectivity index (χ2n) is 5.18. The van der Waals surface area contributed by atoms with Gasteiger partial charge in [0.1, 0.15) is 5.92 Å². The Morgan fingerprint density at radius 1 is 1.33 bits per heavy atom. The number of rotatable bonds is 2. The van der Waals surface area contributed by atoms with Crippen LogP contribution in [0, 0.1) is 32.7 Å². The molecule has 1 unspecified atom stereocenters. The van der Waals surface area contributed by atoms with Gasteiger partial charge in [-0.25, -0.2) is 0 Å². The van der Waals surface area contributed by atoms with Crippen LogP contribution in [0.1, 0.15) is 28.4 Å². The first kappa shape index (κ1) is 15.3. The maximum absolute atomic E-state index is 11.9. The topological polar surface area (TPSA) is 171 Å². The van der Waals surface area contributed by atoms with E-state index in [4.69, 9.17) is 5.73 Å². The van der Waals surface area contributed by atoms with Crippen LogP contribution >= 0.6 is 0 Å². The first-order chi connectivity index (χ1) is 11.3. The van der Waals surface area contributed by atoms with Gasteiger partial charge in [0.25, 0.3) is 11.4 Å². The van der Waals surface area contributed by atoms with Gasteiger partial charge in [0.05, 0.1) is 16.2 Å². The maximum atomic E-state index is 11.9. The van der Waals surface area contributed by atoms with Gasteiger partial charge in [-0.05, 0) is 35.1 Å². The lowest BCUT2D eigenvalue weighted by atomic mass is 9.84. The number of nitro groups is 1. The van der Waals surface area contributed by atoms with E-state index < -0.39 is 27.2 Å². The number of nitrogens with zero attached hydrogens (tertiary/aromatic N) is 4. The number of nitrogens with two attached hydrogens (primary N) is 1. The summed E-state index contributed by atoms with van der Waals surface area (Å²) in [5.74, 6) is -1.16. The average molecular weight is 332 g/mol. The molecule has 0 spiro atoms. The average Bonchev–Trinajstić information content (AvgIpc) is 2.88. The fourth-order valence-electron chi connectivity index (χ4n) is 2.73. The molecule has 11 heteroatoms. The Kier molecular flexibility index (Phi) is 3.32. The molecular weight excluding hydrogens is 322 g/mol. The Balaban J connectivity index is 2.34. The van der Waals surface area contributed by atoms with Crippen LogP contribution in [0.5, 0.6) is 0 Å². The zero-order valence-electron chi connectivity index (χ0n) is 12.2. The lowest BCUT2D eigenvalue weighted by molar-refractivity contribution is -0.808. The third kappa shape index (κ3) is 2.18. The summed E-state index contributed by atoms with van der Waals surface area (Å²) in [6, 6.07) is 4.64. The van der Waals surface area contributed by atoms with Crippen molar-refractivity contribution in [3.63, 3.8) is 0 Å². The van der Waals surface area contributed by atoms with Crippen molar-refractivity contribution in [3.05, 3.63) is 78.2 Å². The highest BCUT2D eigenvalue weighted by molar-refractivity contribution is 6.06. The molecule has 0 aliphatic heterocycles. The van der Waals surface area contributed by atoms with Gasteiger partial charge in [-0.2, -0.15) is 4.90 Å². The van der Waals surface area contributed by atoms with E-state index in [-0.39, 0.29) is 16.3 Å². The normalized spacial score (nSPS) is 16.5. The number of allylic oxidation sites excluding steroid dienone is 2. The summed E-state index contributed by atoms with van der Waals surface area (Å²) in [4.78, 5) is 9.78. The van der Waals surface area contributed by atoms with Gasteiger partial charge in [0.15, 0.2) is 0 Å². The van der Waals surface area contributed by atoms with Gasteiger partial charge < -0.3 is 21.4 Å². The van der Waals surface area contributed by atoms with Crippen LogP contribution in [0.3, 0.4) is 0 Å². The fourth-order valence-corrected chi connectivity index (χ4v) is 2.73. The lowest BCUT2D eigenvalue weighted by Crippen LogP contribution is -2.36. The van der Waals surface area contributed by atoms with E-state index in [9.17, 15) is 25.7 Å². The van der Waals surface area contributed by atoms with Crippen molar-refractivity contribution < 1.29 is 19.4 Å². The first-order valence-corrected chi connectivity index (χ1v) is 6.64. The summed E-state index contributed by atoms with van der Waals surface area (Å²) in [5, 5.41) is 49.0. The Bertz CT molecular complexity index is 912. The molecule has 0 saturated carbocycles. The number of benzene rings is 1. The van der Waals surface area contributed by atoms with Gasteiger partial charge in [-0.15, -0.1) is 0 Å². The summed E-state index contributed by atoms with van der Waals surface area (Å²) in [6.45, 7) is 1.66. The van der Waals surface area contributed by atoms with Crippen molar-refractivity contribution in [1.82, 2.24) is 5.16 Å². The standard InChI is InChI=1S/C13H10N5O6/c1-6-4-7(14)2-3-8(6)11-9(16(19)20)5-10(17(21)22)12-13(11)18(23)24-15-12/h2-5,11H,14H2,1H3/q-1. The van der Waals surface area contributed by atoms with Crippen LogP contribution in [0.25, 0.3) is 0 Å². The molecular formula is C13H10N5O6-. The van der Waals surface area contributed by atoms with Crippen molar-refractivity contribution in [2.75, 3.05) is 5.73 Å². The number of aromatic nitrogens is 2. The smallest absolute Gasteiger partial charge is 0.318 e. The van der Waals surface area contributed by atoms with Gasteiger partial charge in [-0.3, -0.25) is 14.7 Å². The third-order valence-electron chi connectivity index (χ3n) is 3.75. The lowest BCUT2D eigenvalue weighted by Gasteiger charge is -2.18. The van der Waals surface area contributed by atoms with Gasteiger partial charge >= 0.3 is 5.69 Å². The second-order valence-corrected chi connectivity index (χ2v) is 5.18. The molecule has 24 heavy (non-hydrogen) atoms. The van der Waals surface area contributed by atoms with Crippen molar-refractivity contribution >= 4 is 11.4 Å². The summed E-state index contributed by atoms with van der Waals surface area (Å²) in [7, 11) is 0. The predicted molar refractivity (Wildman–Crippen MR) is 79.1 cm³/mol. The van der Waals surface area contributed by atoms with Crippen molar-refractivity contribution in [1.29, 1.82) is 0 Å². The summed E-state index contributed by atoms with van der Waals surface area (Å²) in [5.41, 5.74) is 5.29. The molecule has 124 valence electrons. The predicted octanol–water partition coefficient (Wildman–Crippen LogP) is 0.302. The molecule has 0 radical (unpaired) electrons. The molecule has 3 rings (SSSR count). The van der Waals surface area contributed by atoms with Crippen LogP contribution in [0.4, 0.5) is 5.69 Å². The van der Waals surface area contributed by atoms with E-state index in [0.717, 1.165) is 6.08 Å². The van der Waals surface area contributed by atoms with E-state index in [1.54, 1.807) is 13.0 Å². The SMILES string of the molecule is Cc1cc(N)ccc1C1C([N+](=O)[O-])=CC(=[N+]([O-])[O-])c2no[n+]([O-])c21. The van der Waals surface area contributed by atoms with Gasteiger partial charge in [-0.1, -0.05) is 6.07 Å². The number of hydrogen-bond donors (Lipinski definition) is 1. The molecule has 1 heterocycles. The summed E-state index contributed by atoms with van der Waals surface area (Å²) < 4.78 is 4.45. The summed E-state index contributed by atoms with van der Waals surface area (Å²) in [6.07, 6.45) is 0.797. The summed E-state index contributed by atoms with van der Waals surface area (Å²) >= 11 is 0. The second kappa shape index (κ2) is 5.22. The van der Waals surface area contributed by atoms with Crippen molar-refractivity contribution in [3.8, 4) is 0 Å². The largest absolute Gasteiger partial charge is 0.612 e. The van der Waals surface area contributed by atoms with Crippen molar-refractivity contribution in [2.45, 2.75) is 12.8 Å². The molecule has 1 aromatic carbocycles. The molecule has 2 aromatic rings. The van der Waals surface area contributed by atoms with Crippen LogP contribution in [-0.2, 0) is 0 Å². The number of fused-ring (bicyclic) bond motifs is 1. The Morgan fingerprint density at radius 2 is 2.04 bits per heavy atom. The Hall–Kier alpha value is -3.63. The van der Waals surface area contributed by atoms with E-state index in [1.165, 1.54) is 12.1 Å². The highest BCUT2D eigenvalue weighted by Crippen LogP contribution is 2.37. The number of aryl methyl sites for hydroxylation is 1. The first-order valence-electron chi connectivity index (χ1n) is 6.64. The minimum absolute atomic E-state index is 0.0458. The van der Waals surface area contributed by atoms with E-state index >= 15 is 0 Å². The molecule has 1 atom stereocenters. The van der Waals surface area contributed by atoms with E-state index in [2.05, 4.69) is 9.79 Å². The highest BCUT2D eigenvalue weighted by Gasteiger charge is 2.47. The molecule has 0 amide bonds. The highest BCUT2D eigenvalue weighted by atomic mass is 16.8. The zero-order chi connectivity index (χ0) is 17.6. The van der Waals surface area contributed by atoms with Crippen molar-refractivity contribution in [2.24, 2.45) is 0 Å². The van der Waals surface area contributed by atoms with Crippen LogP contribution < -0.4 is 10.6 Å². The molecule has 1 aromatic heterocycles. The molecule has 0 bridgehead atoms. The molecule has 11 nitrogen and oxygen atoms in total. The van der Waals surface area contributed by atoms with Crippen LogP contribution in [0.15, 0.2) is 34.6 Å². The Morgan fingerprint density at radius 3 is 2.62 bits per heavy atom. The molecule has 0 saturated heterocycles.